The second kappa shape index (κ2) is 6.16. The largest absolute Gasteiger partial charge is 0.327 e. The van der Waals surface area contributed by atoms with Gasteiger partial charge in [-0.25, -0.2) is 22.9 Å². The van der Waals surface area contributed by atoms with Crippen molar-refractivity contribution in [2.75, 3.05) is 13.1 Å². The lowest BCUT2D eigenvalue weighted by molar-refractivity contribution is 0.560. The molecule has 120 valence electrons. The number of H-pyrrole nitrogens is 2. The van der Waals surface area contributed by atoms with Gasteiger partial charge < -0.3 is 5.32 Å². The van der Waals surface area contributed by atoms with Crippen molar-refractivity contribution in [3.8, 4) is 0 Å². The number of halogens is 1. The molecule has 1 fully saturated rings. The van der Waals surface area contributed by atoms with E-state index in [0.717, 1.165) is 12.7 Å². The molecule has 2 aromatic rings. The Labute approximate surface area is 131 Å². The first kappa shape index (κ1) is 16.6. The molecule has 0 amide bonds. The minimum absolute atomic E-state index is 0. The average molecular weight is 348 g/mol. The molecule has 0 spiro atoms. The minimum Gasteiger partial charge on any atom is -0.315 e. The van der Waals surface area contributed by atoms with Gasteiger partial charge in [-0.05, 0) is 19.0 Å². The lowest BCUT2D eigenvalue weighted by Crippen LogP contribution is -2.36. The lowest BCUT2D eigenvalue weighted by atomic mass is 10.3. The number of aromatic nitrogens is 3. The van der Waals surface area contributed by atoms with Crippen molar-refractivity contribution in [1.29, 1.82) is 0 Å². The molecule has 1 aliphatic rings. The lowest BCUT2D eigenvalue weighted by Gasteiger charge is -2.11. The van der Waals surface area contributed by atoms with Gasteiger partial charge in [0, 0.05) is 18.8 Å². The summed E-state index contributed by atoms with van der Waals surface area (Å²) in [4.78, 5) is 30.9. The minimum atomic E-state index is -3.76. The molecule has 1 saturated heterocycles. The number of hydrogen-bond donors (Lipinski definition) is 4. The van der Waals surface area contributed by atoms with Crippen molar-refractivity contribution >= 4 is 33.5 Å². The molecule has 0 radical (unpaired) electrons. The van der Waals surface area contributed by atoms with Crippen LogP contribution in [0.4, 0.5) is 0 Å². The van der Waals surface area contributed by atoms with Gasteiger partial charge in [-0.1, -0.05) is 0 Å². The summed E-state index contributed by atoms with van der Waals surface area (Å²) in [5.41, 5.74) is -1.32. The fraction of sp³-hybridized carbons (Fsp3) is 0.364. The summed E-state index contributed by atoms with van der Waals surface area (Å²) in [6.45, 7) is 1.32. The third kappa shape index (κ3) is 3.19. The fourth-order valence-corrected chi connectivity index (χ4v) is 3.46. The number of hydrogen-bond acceptors (Lipinski definition) is 6. The van der Waals surface area contributed by atoms with Gasteiger partial charge in [-0.3, -0.25) is 14.8 Å². The van der Waals surface area contributed by atoms with Gasteiger partial charge in [0.05, 0.1) is 5.39 Å². The molecule has 1 unspecified atom stereocenters. The van der Waals surface area contributed by atoms with E-state index < -0.39 is 21.3 Å². The van der Waals surface area contributed by atoms with Crippen LogP contribution in [0.3, 0.4) is 0 Å². The summed E-state index contributed by atoms with van der Waals surface area (Å²) in [6, 6.07) is 1.02. The molecule has 11 heteroatoms. The zero-order chi connectivity index (χ0) is 15.0. The topological polar surface area (TPSA) is 137 Å². The van der Waals surface area contributed by atoms with Crippen LogP contribution in [0.1, 0.15) is 6.42 Å². The molecule has 22 heavy (non-hydrogen) atoms. The van der Waals surface area contributed by atoms with E-state index in [1.54, 1.807) is 0 Å². The van der Waals surface area contributed by atoms with Crippen LogP contribution >= 0.6 is 12.4 Å². The van der Waals surface area contributed by atoms with Crippen LogP contribution in [0.25, 0.3) is 11.0 Å². The van der Waals surface area contributed by atoms with Crippen molar-refractivity contribution < 1.29 is 8.42 Å². The Kier molecular flexibility index (Phi) is 4.66. The van der Waals surface area contributed by atoms with E-state index in [9.17, 15) is 18.0 Å². The Morgan fingerprint density at radius 1 is 1.27 bits per heavy atom. The van der Waals surface area contributed by atoms with Crippen LogP contribution in [-0.2, 0) is 10.0 Å². The predicted octanol–water partition coefficient (Wildman–Crippen LogP) is -1.33. The van der Waals surface area contributed by atoms with E-state index in [2.05, 4.69) is 20.0 Å². The van der Waals surface area contributed by atoms with Crippen molar-refractivity contribution in [3.63, 3.8) is 0 Å². The monoisotopic (exact) mass is 347 g/mol. The summed E-state index contributed by atoms with van der Waals surface area (Å²) in [5.74, 6) is 0. The van der Waals surface area contributed by atoms with Crippen LogP contribution in [-0.4, -0.2) is 42.5 Å². The summed E-state index contributed by atoms with van der Waals surface area (Å²) in [7, 11) is -3.76. The molecule has 3 rings (SSSR count). The van der Waals surface area contributed by atoms with Crippen LogP contribution in [0.5, 0.6) is 0 Å². The summed E-state index contributed by atoms with van der Waals surface area (Å²) in [6.07, 6.45) is 1.82. The second-order valence-electron chi connectivity index (χ2n) is 4.79. The first-order valence-corrected chi connectivity index (χ1v) is 7.79. The highest BCUT2D eigenvalue weighted by molar-refractivity contribution is 7.89. The highest BCUT2D eigenvalue weighted by Gasteiger charge is 2.23. The zero-order valence-electron chi connectivity index (χ0n) is 11.3. The van der Waals surface area contributed by atoms with E-state index in [1.807, 2.05) is 4.98 Å². The van der Waals surface area contributed by atoms with Crippen molar-refractivity contribution in [1.82, 2.24) is 25.0 Å². The molecular formula is C11H14ClN5O4S. The Balaban J connectivity index is 0.00000176. The quantitative estimate of drug-likeness (QED) is 0.543. The molecule has 0 bridgehead atoms. The second-order valence-corrected chi connectivity index (χ2v) is 6.50. The Morgan fingerprint density at radius 3 is 2.73 bits per heavy atom. The number of fused-ring (bicyclic) bond motifs is 1. The van der Waals surface area contributed by atoms with E-state index in [-0.39, 0.29) is 34.4 Å². The third-order valence-corrected chi connectivity index (χ3v) is 4.75. The van der Waals surface area contributed by atoms with E-state index in [0.29, 0.717) is 13.0 Å². The number of pyridine rings is 1. The maximum atomic E-state index is 12.2. The maximum Gasteiger partial charge on any atom is 0.327 e. The zero-order valence-corrected chi connectivity index (χ0v) is 12.9. The highest BCUT2D eigenvalue weighted by atomic mass is 35.5. The third-order valence-electron chi connectivity index (χ3n) is 3.26. The van der Waals surface area contributed by atoms with Gasteiger partial charge in [-0.15, -0.1) is 12.4 Å². The van der Waals surface area contributed by atoms with Gasteiger partial charge in [0.25, 0.3) is 5.56 Å². The predicted molar refractivity (Wildman–Crippen MR) is 81.8 cm³/mol. The SMILES string of the molecule is Cl.O=c1[nH]c(=O)c2cc(S(=O)(=O)NC3CCNC3)cnc2[nH]1. The number of rotatable bonds is 3. The average Bonchev–Trinajstić information content (AvgIpc) is 2.90. The molecule has 9 nitrogen and oxygen atoms in total. The van der Waals surface area contributed by atoms with Gasteiger partial charge >= 0.3 is 5.69 Å². The first-order valence-electron chi connectivity index (χ1n) is 6.31. The molecule has 2 aromatic heterocycles. The van der Waals surface area contributed by atoms with Crippen LogP contribution in [0.15, 0.2) is 26.7 Å². The molecule has 0 saturated carbocycles. The van der Waals surface area contributed by atoms with Crippen molar-refractivity contribution in [3.05, 3.63) is 33.1 Å². The van der Waals surface area contributed by atoms with E-state index in [1.165, 1.54) is 6.07 Å². The van der Waals surface area contributed by atoms with E-state index >= 15 is 0 Å². The number of aromatic amines is 2. The molecule has 4 N–H and O–H groups in total. The molecule has 0 aromatic carbocycles. The highest BCUT2D eigenvalue weighted by Crippen LogP contribution is 2.13. The Bertz CT molecular complexity index is 901. The normalized spacial score (nSPS) is 18.3. The maximum absolute atomic E-state index is 12.2. The summed E-state index contributed by atoms with van der Waals surface area (Å²) >= 11 is 0. The standard InChI is InChI=1S/C11H13N5O4S.ClH/c17-10-8-3-7(5-13-9(8)14-11(18)15-10)21(19,20)16-6-1-2-12-4-6;/h3,5-6,12,16H,1-2,4H2,(H2,13,14,15,17,18);1H. The number of nitrogens with zero attached hydrogens (tertiary/aromatic N) is 1. The van der Waals surface area contributed by atoms with Crippen molar-refractivity contribution in [2.24, 2.45) is 0 Å². The smallest absolute Gasteiger partial charge is 0.315 e. The first-order chi connectivity index (χ1) is 9.95. The van der Waals surface area contributed by atoms with Crippen LogP contribution in [0.2, 0.25) is 0 Å². The Morgan fingerprint density at radius 2 is 2.05 bits per heavy atom. The molecule has 3 heterocycles. The number of nitrogens with one attached hydrogen (secondary N) is 4. The number of sulfonamides is 1. The van der Waals surface area contributed by atoms with Gasteiger partial charge in [0.1, 0.15) is 10.5 Å². The van der Waals surface area contributed by atoms with E-state index in [4.69, 9.17) is 0 Å². The van der Waals surface area contributed by atoms with Crippen molar-refractivity contribution in [2.45, 2.75) is 17.4 Å². The fourth-order valence-electron chi connectivity index (χ4n) is 2.22. The summed E-state index contributed by atoms with van der Waals surface area (Å²) in [5, 5.41) is 3.07. The van der Waals surface area contributed by atoms with Gasteiger partial charge in [-0.2, -0.15) is 0 Å². The molecule has 1 aliphatic heterocycles. The summed E-state index contributed by atoms with van der Waals surface area (Å²) < 4.78 is 27.0. The molecule has 1 atom stereocenters. The molecule has 0 aliphatic carbocycles. The van der Waals surface area contributed by atoms with Crippen LogP contribution < -0.4 is 21.3 Å². The molecular weight excluding hydrogens is 334 g/mol. The van der Waals surface area contributed by atoms with Gasteiger partial charge in [0.15, 0.2) is 0 Å². The van der Waals surface area contributed by atoms with Crippen LogP contribution in [0, 0.1) is 0 Å². The Hall–Kier alpha value is -1.75. The van der Waals surface area contributed by atoms with Gasteiger partial charge in [0.2, 0.25) is 10.0 Å².